The molecule has 1 amide bonds. The van der Waals surface area contributed by atoms with Crippen molar-refractivity contribution in [3.05, 3.63) is 71.5 Å². The van der Waals surface area contributed by atoms with E-state index in [0.29, 0.717) is 11.8 Å². The van der Waals surface area contributed by atoms with Crippen LogP contribution in [0.2, 0.25) is 0 Å². The standard InChI is InChI=1S/C20H21NO3/c22-20(23-13-14-6-2-1-3-7-14)21-19-12-17-10-15-8-4-5-9-16(15)11-18(17)24-19/h1-7,9,11,15,17,19H,8,10,12-13H2,(H,21,22). The number of ether oxygens (including phenoxy) is 2. The molecule has 4 heteroatoms. The highest BCUT2D eigenvalue weighted by Crippen LogP contribution is 2.43. The summed E-state index contributed by atoms with van der Waals surface area (Å²) in [6, 6.07) is 9.66. The van der Waals surface area contributed by atoms with Crippen LogP contribution in [0.4, 0.5) is 4.79 Å². The van der Waals surface area contributed by atoms with Crippen molar-refractivity contribution in [2.24, 2.45) is 11.8 Å². The van der Waals surface area contributed by atoms with Gasteiger partial charge in [-0.05, 0) is 36.0 Å². The Morgan fingerprint density at radius 2 is 2.08 bits per heavy atom. The summed E-state index contributed by atoms with van der Waals surface area (Å²) in [6.45, 7) is 0.270. The van der Waals surface area contributed by atoms with Gasteiger partial charge in [-0.15, -0.1) is 0 Å². The topological polar surface area (TPSA) is 47.6 Å². The summed E-state index contributed by atoms with van der Waals surface area (Å²) in [6.07, 6.45) is 10.9. The molecule has 24 heavy (non-hydrogen) atoms. The zero-order valence-corrected chi connectivity index (χ0v) is 13.5. The molecular weight excluding hydrogens is 302 g/mol. The number of allylic oxidation sites excluding steroid dienone is 6. The van der Waals surface area contributed by atoms with Gasteiger partial charge in [-0.25, -0.2) is 4.79 Å². The minimum Gasteiger partial charge on any atom is -0.475 e. The molecule has 3 unspecified atom stereocenters. The maximum absolute atomic E-state index is 12.0. The van der Waals surface area contributed by atoms with Crippen LogP contribution in [0.25, 0.3) is 0 Å². The quantitative estimate of drug-likeness (QED) is 0.912. The Kier molecular flexibility index (Phi) is 4.11. The Balaban J connectivity index is 1.31. The van der Waals surface area contributed by atoms with Crippen LogP contribution in [0.15, 0.2) is 66.0 Å². The molecule has 1 aromatic rings. The van der Waals surface area contributed by atoms with Crippen LogP contribution >= 0.6 is 0 Å². The number of alkyl carbamates (subject to hydrolysis) is 1. The van der Waals surface area contributed by atoms with E-state index in [1.807, 2.05) is 30.3 Å². The Hall–Kier alpha value is -2.49. The predicted octanol–water partition coefficient (Wildman–Crippen LogP) is 4.07. The van der Waals surface area contributed by atoms with Gasteiger partial charge in [-0.3, -0.25) is 5.32 Å². The van der Waals surface area contributed by atoms with E-state index in [-0.39, 0.29) is 12.8 Å². The molecule has 124 valence electrons. The van der Waals surface area contributed by atoms with Crippen molar-refractivity contribution in [3.63, 3.8) is 0 Å². The zero-order valence-electron chi connectivity index (χ0n) is 13.5. The number of hydrogen-bond donors (Lipinski definition) is 1. The van der Waals surface area contributed by atoms with Crippen molar-refractivity contribution in [3.8, 4) is 0 Å². The average Bonchev–Trinajstić information content (AvgIpc) is 2.99. The molecule has 1 aromatic carbocycles. The molecule has 1 N–H and O–H groups in total. The lowest BCUT2D eigenvalue weighted by atomic mass is 9.78. The second-order valence-corrected chi connectivity index (χ2v) is 6.56. The van der Waals surface area contributed by atoms with Crippen molar-refractivity contribution in [1.29, 1.82) is 0 Å². The van der Waals surface area contributed by atoms with E-state index in [4.69, 9.17) is 9.47 Å². The largest absolute Gasteiger partial charge is 0.475 e. The van der Waals surface area contributed by atoms with E-state index in [1.54, 1.807) is 0 Å². The normalized spacial score (nSPS) is 27.2. The molecule has 0 spiro atoms. The van der Waals surface area contributed by atoms with Crippen LogP contribution in [-0.4, -0.2) is 12.3 Å². The van der Waals surface area contributed by atoms with Crippen LogP contribution in [0.1, 0.15) is 24.8 Å². The van der Waals surface area contributed by atoms with Gasteiger partial charge in [0, 0.05) is 12.3 Å². The fourth-order valence-electron chi connectivity index (χ4n) is 3.63. The summed E-state index contributed by atoms with van der Waals surface area (Å²) in [5, 5.41) is 2.83. The fourth-order valence-corrected chi connectivity index (χ4v) is 3.63. The molecular formula is C20H21NO3. The Morgan fingerprint density at radius 3 is 2.96 bits per heavy atom. The summed E-state index contributed by atoms with van der Waals surface area (Å²) in [5.74, 6) is 2.00. The minimum atomic E-state index is -0.429. The van der Waals surface area contributed by atoms with Crippen LogP contribution in [0.5, 0.6) is 0 Å². The van der Waals surface area contributed by atoms with E-state index in [0.717, 1.165) is 30.6 Å². The number of fused-ring (bicyclic) bond motifs is 2. The highest BCUT2D eigenvalue weighted by molar-refractivity contribution is 5.67. The van der Waals surface area contributed by atoms with E-state index in [9.17, 15) is 4.79 Å². The fraction of sp³-hybridized carbons (Fsp3) is 0.350. The van der Waals surface area contributed by atoms with Crippen molar-refractivity contribution in [1.82, 2.24) is 5.32 Å². The Bertz CT molecular complexity index is 705. The first-order valence-corrected chi connectivity index (χ1v) is 8.50. The van der Waals surface area contributed by atoms with E-state index in [1.165, 1.54) is 5.57 Å². The first-order valence-electron chi connectivity index (χ1n) is 8.50. The molecule has 3 aliphatic rings. The highest BCUT2D eigenvalue weighted by Gasteiger charge is 2.37. The van der Waals surface area contributed by atoms with Gasteiger partial charge in [0.2, 0.25) is 0 Å². The van der Waals surface area contributed by atoms with Crippen LogP contribution < -0.4 is 5.32 Å². The second-order valence-electron chi connectivity index (χ2n) is 6.56. The van der Waals surface area contributed by atoms with Crippen molar-refractivity contribution in [2.45, 2.75) is 32.1 Å². The number of nitrogens with one attached hydrogen (secondary N) is 1. The lowest BCUT2D eigenvalue weighted by Crippen LogP contribution is -2.34. The number of amides is 1. The second kappa shape index (κ2) is 6.56. The van der Waals surface area contributed by atoms with Gasteiger partial charge >= 0.3 is 6.09 Å². The van der Waals surface area contributed by atoms with E-state index < -0.39 is 6.09 Å². The molecule has 4 rings (SSSR count). The summed E-state index contributed by atoms with van der Waals surface area (Å²) in [4.78, 5) is 12.0. The number of hydrogen-bond acceptors (Lipinski definition) is 3. The summed E-state index contributed by atoms with van der Waals surface area (Å²) in [7, 11) is 0. The zero-order chi connectivity index (χ0) is 16.4. The van der Waals surface area contributed by atoms with E-state index in [2.05, 4.69) is 29.6 Å². The van der Waals surface area contributed by atoms with Gasteiger partial charge in [0.25, 0.3) is 0 Å². The van der Waals surface area contributed by atoms with Crippen LogP contribution in [0.3, 0.4) is 0 Å². The Labute approximate surface area is 141 Å². The molecule has 0 saturated carbocycles. The van der Waals surface area contributed by atoms with E-state index >= 15 is 0 Å². The molecule has 2 aliphatic carbocycles. The van der Waals surface area contributed by atoms with Gasteiger partial charge in [0.15, 0.2) is 6.23 Å². The third kappa shape index (κ3) is 3.23. The molecule has 1 saturated heterocycles. The molecule has 1 fully saturated rings. The molecule has 0 aromatic heterocycles. The maximum atomic E-state index is 12.0. The SMILES string of the molecule is O=C(NC1CC2CC3CC=CC=C3C=C2O1)OCc1ccccc1. The first-order chi connectivity index (χ1) is 11.8. The van der Waals surface area contributed by atoms with Gasteiger partial charge in [-0.1, -0.05) is 48.6 Å². The number of carbonyl (C=O) groups excluding carboxylic acids is 1. The van der Waals surface area contributed by atoms with Crippen molar-refractivity contribution < 1.29 is 14.3 Å². The number of benzene rings is 1. The van der Waals surface area contributed by atoms with Gasteiger partial charge < -0.3 is 9.47 Å². The molecule has 3 atom stereocenters. The summed E-state index contributed by atoms with van der Waals surface area (Å²) >= 11 is 0. The number of carbonyl (C=O) groups is 1. The molecule has 4 nitrogen and oxygen atoms in total. The molecule has 1 aliphatic heterocycles. The van der Waals surface area contributed by atoms with Crippen LogP contribution in [0, 0.1) is 11.8 Å². The molecule has 0 radical (unpaired) electrons. The van der Waals surface area contributed by atoms with Crippen molar-refractivity contribution in [2.75, 3.05) is 0 Å². The third-order valence-corrected chi connectivity index (χ3v) is 4.87. The van der Waals surface area contributed by atoms with Gasteiger partial charge in [0.05, 0.1) is 0 Å². The van der Waals surface area contributed by atoms with Gasteiger partial charge in [0.1, 0.15) is 12.4 Å². The monoisotopic (exact) mass is 323 g/mol. The highest BCUT2D eigenvalue weighted by atomic mass is 16.6. The minimum absolute atomic E-state index is 0.270. The summed E-state index contributed by atoms with van der Waals surface area (Å²) < 4.78 is 11.2. The Morgan fingerprint density at radius 1 is 1.21 bits per heavy atom. The number of rotatable bonds is 3. The predicted molar refractivity (Wildman–Crippen MR) is 90.8 cm³/mol. The first kappa shape index (κ1) is 15.1. The van der Waals surface area contributed by atoms with Crippen molar-refractivity contribution >= 4 is 6.09 Å². The van der Waals surface area contributed by atoms with Gasteiger partial charge in [-0.2, -0.15) is 0 Å². The lowest BCUT2D eigenvalue weighted by Gasteiger charge is -2.27. The maximum Gasteiger partial charge on any atom is 0.410 e. The smallest absolute Gasteiger partial charge is 0.410 e. The molecule has 1 heterocycles. The molecule has 0 bridgehead atoms. The van der Waals surface area contributed by atoms with Crippen LogP contribution in [-0.2, 0) is 16.1 Å². The third-order valence-electron chi connectivity index (χ3n) is 4.87. The summed E-state index contributed by atoms with van der Waals surface area (Å²) in [5.41, 5.74) is 2.32. The average molecular weight is 323 g/mol. The lowest BCUT2D eigenvalue weighted by molar-refractivity contribution is 0.0920.